The van der Waals surface area contributed by atoms with Gasteiger partial charge in [-0.1, -0.05) is 6.07 Å². The molecular weight excluding hydrogens is 381 g/mol. The van der Waals surface area contributed by atoms with Crippen molar-refractivity contribution in [3.63, 3.8) is 0 Å². The fraction of sp³-hybridized carbons (Fsp3) is 0.353. The van der Waals surface area contributed by atoms with Crippen LogP contribution < -0.4 is 5.32 Å². The Morgan fingerprint density at radius 2 is 2.00 bits per heavy atom. The minimum Gasteiger partial charge on any atom is -0.379 e. The zero-order chi connectivity index (χ0) is 19.3. The van der Waals surface area contributed by atoms with Gasteiger partial charge in [0.15, 0.2) is 0 Å². The van der Waals surface area contributed by atoms with Crippen molar-refractivity contribution in [1.29, 1.82) is 0 Å². The van der Waals surface area contributed by atoms with Gasteiger partial charge >= 0.3 is 5.51 Å². The number of thioether (sulfide) groups is 1. The Labute approximate surface area is 158 Å². The minimum atomic E-state index is -4.53. The fourth-order valence-corrected chi connectivity index (χ4v) is 3.15. The quantitative estimate of drug-likeness (QED) is 0.781. The summed E-state index contributed by atoms with van der Waals surface area (Å²) in [6.45, 7) is 3.81. The lowest BCUT2D eigenvalue weighted by Crippen LogP contribution is -2.35. The number of halogens is 3. The maximum atomic E-state index is 12.6. The van der Waals surface area contributed by atoms with Crippen molar-refractivity contribution in [3.8, 4) is 0 Å². The van der Waals surface area contributed by atoms with Gasteiger partial charge in [-0.05, 0) is 23.8 Å². The van der Waals surface area contributed by atoms with Crippen LogP contribution in [0.4, 0.5) is 19.0 Å². The number of carbonyl (C=O) groups excluding carboxylic acids is 1. The van der Waals surface area contributed by atoms with Gasteiger partial charge in [-0.2, -0.15) is 13.2 Å². The van der Waals surface area contributed by atoms with E-state index in [1.54, 1.807) is 12.3 Å². The number of amides is 1. The number of carbonyl (C=O) groups is 1. The number of rotatable bonds is 5. The monoisotopic (exact) mass is 398 g/mol. The van der Waals surface area contributed by atoms with E-state index in [1.807, 2.05) is 6.07 Å². The third kappa shape index (κ3) is 5.91. The van der Waals surface area contributed by atoms with Gasteiger partial charge in [0, 0.05) is 43.8 Å². The molecular formula is C17H17F3N4O2S. The molecule has 2 aromatic rings. The molecule has 1 aliphatic heterocycles. The molecule has 6 nitrogen and oxygen atoms in total. The zero-order valence-electron chi connectivity index (χ0n) is 14.2. The second-order valence-corrected chi connectivity index (χ2v) is 6.85. The van der Waals surface area contributed by atoms with E-state index in [1.165, 1.54) is 18.3 Å². The number of aromatic nitrogens is 2. The van der Waals surface area contributed by atoms with Crippen LogP contribution in [0.5, 0.6) is 0 Å². The highest BCUT2D eigenvalue weighted by Crippen LogP contribution is 2.37. The number of hydrogen-bond acceptors (Lipinski definition) is 6. The number of anilines is 1. The van der Waals surface area contributed by atoms with Crippen LogP contribution in [-0.4, -0.2) is 52.6 Å². The van der Waals surface area contributed by atoms with E-state index in [-0.39, 0.29) is 11.4 Å². The van der Waals surface area contributed by atoms with Gasteiger partial charge in [-0.15, -0.1) is 0 Å². The first kappa shape index (κ1) is 19.6. The molecule has 1 amide bonds. The largest absolute Gasteiger partial charge is 0.447 e. The molecule has 0 unspecified atom stereocenters. The standard InChI is InChI=1S/C17H17F3N4O2S/c18-17(19,20)27-16-13(2-1-5-21-16)15(25)23-14-4-3-12(10-22-14)11-24-6-8-26-9-7-24/h1-5,10H,6-9,11H2,(H,22,23,25). The molecule has 0 aliphatic carbocycles. The van der Waals surface area contributed by atoms with Gasteiger partial charge in [0.2, 0.25) is 0 Å². The van der Waals surface area contributed by atoms with Crippen molar-refractivity contribution >= 4 is 23.5 Å². The van der Waals surface area contributed by atoms with Gasteiger partial charge in [0.1, 0.15) is 10.8 Å². The normalized spacial score (nSPS) is 15.5. The van der Waals surface area contributed by atoms with E-state index in [0.29, 0.717) is 13.2 Å². The molecule has 1 saturated heterocycles. The molecule has 10 heteroatoms. The summed E-state index contributed by atoms with van der Waals surface area (Å²) >= 11 is -0.420. The number of alkyl halides is 3. The molecule has 3 rings (SSSR count). The van der Waals surface area contributed by atoms with Crippen molar-refractivity contribution in [2.75, 3.05) is 31.6 Å². The van der Waals surface area contributed by atoms with Crippen molar-refractivity contribution in [3.05, 3.63) is 47.8 Å². The number of pyridine rings is 2. The molecule has 0 atom stereocenters. The van der Waals surface area contributed by atoms with Crippen molar-refractivity contribution in [2.24, 2.45) is 0 Å². The van der Waals surface area contributed by atoms with Crippen LogP contribution in [0.15, 0.2) is 41.7 Å². The molecule has 0 bridgehead atoms. The lowest BCUT2D eigenvalue weighted by Gasteiger charge is -2.26. The van der Waals surface area contributed by atoms with Gasteiger partial charge < -0.3 is 10.1 Å². The lowest BCUT2D eigenvalue weighted by molar-refractivity contribution is -0.0329. The van der Waals surface area contributed by atoms with Crippen molar-refractivity contribution in [2.45, 2.75) is 17.1 Å². The van der Waals surface area contributed by atoms with E-state index in [0.717, 1.165) is 25.2 Å². The van der Waals surface area contributed by atoms with Gasteiger partial charge in [-0.25, -0.2) is 9.97 Å². The van der Waals surface area contributed by atoms with E-state index < -0.39 is 28.2 Å². The summed E-state index contributed by atoms with van der Waals surface area (Å²) in [5.74, 6) is -0.430. The molecule has 1 fully saturated rings. The molecule has 2 aromatic heterocycles. The second-order valence-electron chi connectivity index (χ2n) is 5.80. The SMILES string of the molecule is O=C(Nc1ccc(CN2CCOCC2)cn1)c1cccnc1SC(F)(F)F. The van der Waals surface area contributed by atoms with E-state index >= 15 is 0 Å². The molecule has 0 spiro atoms. The fourth-order valence-electron chi connectivity index (χ4n) is 2.55. The van der Waals surface area contributed by atoms with Crippen LogP contribution in [0.3, 0.4) is 0 Å². The summed E-state index contributed by atoms with van der Waals surface area (Å²) in [4.78, 5) is 22.4. The molecule has 0 radical (unpaired) electrons. The summed E-state index contributed by atoms with van der Waals surface area (Å²) in [7, 11) is 0. The molecule has 0 aromatic carbocycles. The number of ether oxygens (including phenoxy) is 1. The second kappa shape index (κ2) is 8.68. The maximum absolute atomic E-state index is 12.6. The zero-order valence-corrected chi connectivity index (χ0v) is 15.0. The Morgan fingerprint density at radius 1 is 1.22 bits per heavy atom. The summed E-state index contributed by atoms with van der Waals surface area (Å²) in [6.07, 6.45) is 2.85. The van der Waals surface area contributed by atoms with Crippen LogP contribution in [0, 0.1) is 0 Å². The summed E-state index contributed by atoms with van der Waals surface area (Å²) in [5, 5.41) is 2.11. The Bertz CT molecular complexity index is 780. The minimum absolute atomic E-state index is 0.154. The Morgan fingerprint density at radius 3 is 2.67 bits per heavy atom. The van der Waals surface area contributed by atoms with E-state index in [2.05, 4.69) is 20.2 Å². The molecule has 3 heterocycles. The van der Waals surface area contributed by atoms with Gasteiger partial charge in [0.25, 0.3) is 5.91 Å². The lowest BCUT2D eigenvalue weighted by atomic mass is 10.2. The van der Waals surface area contributed by atoms with Crippen LogP contribution in [-0.2, 0) is 11.3 Å². The van der Waals surface area contributed by atoms with Crippen LogP contribution in [0.25, 0.3) is 0 Å². The predicted octanol–water partition coefficient (Wildman–Crippen LogP) is 3.17. The van der Waals surface area contributed by atoms with Crippen molar-refractivity contribution < 1.29 is 22.7 Å². The molecule has 0 saturated carbocycles. The van der Waals surface area contributed by atoms with E-state index in [9.17, 15) is 18.0 Å². The van der Waals surface area contributed by atoms with Gasteiger partial charge in [-0.3, -0.25) is 9.69 Å². The summed E-state index contributed by atoms with van der Waals surface area (Å²) < 4.78 is 43.1. The van der Waals surface area contributed by atoms with Crippen LogP contribution >= 0.6 is 11.8 Å². The summed E-state index contributed by atoms with van der Waals surface area (Å²) in [6, 6.07) is 6.16. The molecule has 1 aliphatic rings. The number of morpholine rings is 1. The predicted molar refractivity (Wildman–Crippen MR) is 94.4 cm³/mol. The summed E-state index contributed by atoms with van der Waals surface area (Å²) in [5.41, 5.74) is -3.70. The van der Waals surface area contributed by atoms with Crippen LogP contribution in [0.1, 0.15) is 15.9 Å². The number of hydrogen-bond donors (Lipinski definition) is 1. The highest BCUT2D eigenvalue weighted by atomic mass is 32.2. The van der Waals surface area contributed by atoms with Crippen molar-refractivity contribution in [1.82, 2.24) is 14.9 Å². The molecule has 27 heavy (non-hydrogen) atoms. The Kier molecular flexibility index (Phi) is 6.30. The van der Waals surface area contributed by atoms with Crippen LogP contribution in [0.2, 0.25) is 0 Å². The maximum Gasteiger partial charge on any atom is 0.447 e. The molecule has 144 valence electrons. The topological polar surface area (TPSA) is 67.4 Å². The average Bonchev–Trinajstić information content (AvgIpc) is 2.63. The van der Waals surface area contributed by atoms with E-state index in [4.69, 9.17) is 4.74 Å². The Hall–Kier alpha value is -2.17. The first-order valence-corrected chi connectivity index (χ1v) is 8.99. The smallest absolute Gasteiger partial charge is 0.379 e. The third-order valence-corrected chi connectivity index (χ3v) is 4.55. The third-order valence-electron chi connectivity index (χ3n) is 3.80. The molecule has 1 N–H and O–H groups in total. The Balaban J connectivity index is 1.64. The number of nitrogens with zero attached hydrogens (tertiary/aromatic N) is 3. The highest BCUT2D eigenvalue weighted by Gasteiger charge is 2.32. The van der Waals surface area contributed by atoms with Gasteiger partial charge in [0.05, 0.1) is 18.8 Å². The first-order chi connectivity index (χ1) is 12.9. The number of nitrogens with one attached hydrogen (secondary N) is 1. The first-order valence-electron chi connectivity index (χ1n) is 8.18. The highest BCUT2D eigenvalue weighted by molar-refractivity contribution is 8.00. The average molecular weight is 398 g/mol.